The van der Waals surface area contributed by atoms with Crippen LogP contribution in [0.1, 0.15) is 55.2 Å². The van der Waals surface area contributed by atoms with Gasteiger partial charge >= 0.3 is 0 Å². The lowest BCUT2D eigenvalue weighted by Crippen LogP contribution is -2.40. The van der Waals surface area contributed by atoms with Gasteiger partial charge in [-0.1, -0.05) is 30.3 Å². The van der Waals surface area contributed by atoms with Crippen molar-refractivity contribution in [2.75, 3.05) is 13.1 Å². The molecule has 0 aliphatic carbocycles. The number of carbonyl (C=O) groups is 1. The maximum atomic E-state index is 13.2. The molecule has 1 saturated heterocycles. The summed E-state index contributed by atoms with van der Waals surface area (Å²) in [7, 11) is 0. The largest absolute Gasteiger partial charge is 0.334 e. The summed E-state index contributed by atoms with van der Waals surface area (Å²) >= 11 is 0. The number of H-pyrrole nitrogens is 1. The molecule has 162 valence electrons. The molecule has 7 nitrogen and oxygen atoms in total. The summed E-state index contributed by atoms with van der Waals surface area (Å²) in [5, 5.41) is 3.28. The standard InChI is InChI=1S/C24H29N5O2/c1-16(2)27-12-10-19-18(15-27)24(31)29-22(25-19)14-20(26-29)21-9-6-11-28(21)23(30)13-17-7-4-3-5-8-17/h3-5,7-8,14,16,21,26H,6,9-13,15H2,1-2H3/t21-/m1/s1. The Balaban J connectivity index is 1.44. The molecule has 2 aromatic heterocycles. The van der Waals surface area contributed by atoms with E-state index in [2.05, 4.69) is 23.8 Å². The Bertz CT molecular complexity index is 1160. The fourth-order valence-electron chi connectivity index (χ4n) is 4.89. The minimum atomic E-state index is -0.0403. The van der Waals surface area contributed by atoms with Crippen LogP contribution in [0.25, 0.3) is 5.65 Å². The maximum Gasteiger partial charge on any atom is 0.277 e. The quantitative estimate of drug-likeness (QED) is 0.706. The van der Waals surface area contributed by atoms with Crippen molar-refractivity contribution < 1.29 is 4.79 Å². The molecule has 0 saturated carbocycles. The smallest absolute Gasteiger partial charge is 0.277 e. The Morgan fingerprint density at radius 1 is 1.23 bits per heavy atom. The van der Waals surface area contributed by atoms with E-state index >= 15 is 0 Å². The second-order valence-electron chi connectivity index (χ2n) is 8.97. The number of amides is 1. The minimum absolute atomic E-state index is 0.0169. The number of hydrogen-bond donors (Lipinski definition) is 1. The van der Waals surface area contributed by atoms with E-state index in [0.29, 0.717) is 24.7 Å². The zero-order valence-corrected chi connectivity index (χ0v) is 18.2. The zero-order chi connectivity index (χ0) is 21.5. The summed E-state index contributed by atoms with van der Waals surface area (Å²) in [6.07, 6.45) is 3.05. The molecule has 1 N–H and O–H groups in total. The number of carbonyl (C=O) groups excluding carboxylic acids is 1. The zero-order valence-electron chi connectivity index (χ0n) is 18.2. The van der Waals surface area contributed by atoms with E-state index in [1.807, 2.05) is 41.3 Å². The van der Waals surface area contributed by atoms with Gasteiger partial charge < -0.3 is 4.90 Å². The van der Waals surface area contributed by atoms with Crippen LogP contribution in [0.5, 0.6) is 0 Å². The number of hydrogen-bond acceptors (Lipinski definition) is 4. The summed E-state index contributed by atoms with van der Waals surface area (Å²) in [6.45, 7) is 6.62. The van der Waals surface area contributed by atoms with Gasteiger partial charge in [0.1, 0.15) is 0 Å². The molecule has 2 aliphatic heterocycles. The molecule has 0 unspecified atom stereocenters. The summed E-state index contributed by atoms with van der Waals surface area (Å²) in [5.74, 6) is 0.125. The number of nitrogens with one attached hydrogen (secondary N) is 1. The summed E-state index contributed by atoms with van der Waals surface area (Å²) < 4.78 is 1.57. The molecule has 7 heteroatoms. The van der Waals surface area contributed by atoms with Crippen molar-refractivity contribution in [3.63, 3.8) is 0 Å². The normalized spacial score (nSPS) is 19.3. The highest BCUT2D eigenvalue weighted by molar-refractivity contribution is 5.79. The van der Waals surface area contributed by atoms with Crippen molar-refractivity contribution in [1.29, 1.82) is 0 Å². The van der Waals surface area contributed by atoms with E-state index in [9.17, 15) is 9.59 Å². The Hall–Kier alpha value is -2.93. The molecule has 0 spiro atoms. The molecule has 1 fully saturated rings. The lowest BCUT2D eigenvalue weighted by atomic mass is 10.1. The van der Waals surface area contributed by atoms with Crippen molar-refractivity contribution in [3.8, 4) is 0 Å². The predicted octanol–water partition coefficient (Wildman–Crippen LogP) is 2.70. The number of likely N-dealkylation sites (tertiary alicyclic amines) is 1. The molecule has 0 radical (unpaired) electrons. The molecule has 1 amide bonds. The van der Waals surface area contributed by atoms with Crippen molar-refractivity contribution >= 4 is 11.6 Å². The fourth-order valence-corrected chi connectivity index (χ4v) is 4.89. The van der Waals surface area contributed by atoms with Crippen molar-refractivity contribution in [2.24, 2.45) is 0 Å². The first-order valence-electron chi connectivity index (χ1n) is 11.2. The molecule has 4 heterocycles. The van der Waals surface area contributed by atoms with Crippen LogP contribution in [-0.4, -0.2) is 49.4 Å². The average Bonchev–Trinajstić information content (AvgIpc) is 3.41. The number of aromatic amines is 1. The highest BCUT2D eigenvalue weighted by Crippen LogP contribution is 2.32. The SMILES string of the molecule is CC(C)N1CCc2nc3cc([C@H]4CCCN4C(=O)Cc4ccccc4)[nH]n3c(=O)c2C1. The average molecular weight is 420 g/mol. The van der Waals surface area contributed by atoms with Crippen LogP contribution in [0.2, 0.25) is 0 Å². The van der Waals surface area contributed by atoms with Crippen LogP contribution in [0.3, 0.4) is 0 Å². The Morgan fingerprint density at radius 3 is 2.81 bits per heavy atom. The van der Waals surface area contributed by atoms with Crippen molar-refractivity contribution in [3.05, 3.63) is 69.3 Å². The van der Waals surface area contributed by atoms with E-state index in [1.165, 1.54) is 0 Å². The van der Waals surface area contributed by atoms with Gasteiger partial charge in [-0.25, -0.2) is 9.50 Å². The highest BCUT2D eigenvalue weighted by atomic mass is 16.2. The van der Waals surface area contributed by atoms with E-state index in [1.54, 1.807) is 4.52 Å². The van der Waals surface area contributed by atoms with Gasteiger partial charge in [0.15, 0.2) is 5.65 Å². The van der Waals surface area contributed by atoms with E-state index in [4.69, 9.17) is 4.98 Å². The topological polar surface area (TPSA) is 73.7 Å². The van der Waals surface area contributed by atoms with Gasteiger partial charge in [-0.3, -0.25) is 19.6 Å². The van der Waals surface area contributed by atoms with Gasteiger partial charge in [-0.05, 0) is 32.3 Å². The third kappa shape index (κ3) is 3.67. The van der Waals surface area contributed by atoms with Gasteiger partial charge in [-0.15, -0.1) is 0 Å². The Kier molecular flexibility index (Phi) is 5.14. The van der Waals surface area contributed by atoms with Crippen LogP contribution in [-0.2, 0) is 24.2 Å². The molecule has 1 aromatic carbocycles. The van der Waals surface area contributed by atoms with Gasteiger partial charge in [0.05, 0.1) is 29.4 Å². The van der Waals surface area contributed by atoms with Crippen LogP contribution >= 0.6 is 0 Å². The maximum absolute atomic E-state index is 13.2. The first-order chi connectivity index (χ1) is 15.0. The van der Waals surface area contributed by atoms with Crippen LogP contribution in [0, 0.1) is 0 Å². The Labute approximate surface area is 181 Å². The first-order valence-corrected chi connectivity index (χ1v) is 11.2. The molecule has 3 aromatic rings. The van der Waals surface area contributed by atoms with E-state index in [0.717, 1.165) is 54.9 Å². The van der Waals surface area contributed by atoms with E-state index in [-0.39, 0.29) is 17.5 Å². The second-order valence-corrected chi connectivity index (χ2v) is 8.97. The number of aromatic nitrogens is 3. The summed E-state index contributed by atoms with van der Waals surface area (Å²) in [5.41, 5.74) is 4.25. The van der Waals surface area contributed by atoms with Crippen molar-refractivity contribution in [1.82, 2.24) is 24.4 Å². The van der Waals surface area contributed by atoms with Crippen LogP contribution in [0.4, 0.5) is 0 Å². The van der Waals surface area contributed by atoms with Gasteiger partial charge in [0.2, 0.25) is 5.91 Å². The van der Waals surface area contributed by atoms with E-state index < -0.39 is 0 Å². The summed E-state index contributed by atoms with van der Waals surface area (Å²) in [4.78, 5) is 35.3. The second kappa shape index (κ2) is 7.96. The Morgan fingerprint density at radius 2 is 2.03 bits per heavy atom. The monoisotopic (exact) mass is 419 g/mol. The van der Waals surface area contributed by atoms with Gasteiger partial charge in [0, 0.05) is 38.2 Å². The molecule has 1 atom stereocenters. The lowest BCUT2D eigenvalue weighted by Gasteiger charge is -2.30. The molecule has 0 bridgehead atoms. The number of fused-ring (bicyclic) bond motifs is 2. The van der Waals surface area contributed by atoms with Crippen LogP contribution < -0.4 is 5.56 Å². The third-order valence-electron chi connectivity index (χ3n) is 6.67. The minimum Gasteiger partial charge on any atom is -0.334 e. The first kappa shape index (κ1) is 20.0. The van der Waals surface area contributed by atoms with Gasteiger partial charge in [0.25, 0.3) is 5.56 Å². The molecule has 2 aliphatic rings. The van der Waals surface area contributed by atoms with Crippen LogP contribution in [0.15, 0.2) is 41.2 Å². The molecular formula is C24H29N5O2. The number of nitrogens with zero attached hydrogens (tertiary/aromatic N) is 4. The predicted molar refractivity (Wildman–Crippen MR) is 119 cm³/mol. The number of rotatable bonds is 4. The molecule has 31 heavy (non-hydrogen) atoms. The molecular weight excluding hydrogens is 390 g/mol. The molecule has 5 rings (SSSR count). The third-order valence-corrected chi connectivity index (χ3v) is 6.67. The van der Waals surface area contributed by atoms with Gasteiger partial charge in [-0.2, -0.15) is 0 Å². The number of benzene rings is 1. The fraction of sp³-hybridized carbons (Fsp3) is 0.458. The highest BCUT2D eigenvalue weighted by Gasteiger charge is 2.32. The van der Waals surface area contributed by atoms with Crippen molar-refractivity contribution in [2.45, 2.75) is 58.2 Å². The lowest BCUT2D eigenvalue weighted by molar-refractivity contribution is -0.131. The summed E-state index contributed by atoms with van der Waals surface area (Å²) in [6, 6.07) is 12.2.